The fourth-order valence-corrected chi connectivity index (χ4v) is 1.65. The molecule has 1 aromatic carbocycles. The van der Waals surface area contributed by atoms with Crippen LogP contribution in [-0.4, -0.2) is 31.8 Å². The van der Waals surface area contributed by atoms with Gasteiger partial charge in [-0.2, -0.15) is 0 Å². The Morgan fingerprint density at radius 1 is 1.47 bits per heavy atom. The lowest BCUT2D eigenvalue weighted by Crippen LogP contribution is -2.39. The third-order valence-corrected chi connectivity index (χ3v) is 2.57. The second-order valence-electron chi connectivity index (χ2n) is 4.01. The standard InChI is InChI=1S/C12H16N2O3/c1-8-2-3-10(9(13)6-8)14-12(15)11-7-16-4-5-17-11/h2-3,6,11H,4-5,7,13H2,1H3,(H,14,15). The van der Waals surface area contributed by atoms with Crippen molar-refractivity contribution in [2.45, 2.75) is 13.0 Å². The van der Waals surface area contributed by atoms with Crippen LogP contribution >= 0.6 is 0 Å². The number of hydrogen-bond donors (Lipinski definition) is 2. The van der Waals surface area contributed by atoms with Gasteiger partial charge in [0.1, 0.15) is 0 Å². The topological polar surface area (TPSA) is 73.6 Å². The highest BCUT2D eigenvalue weighted by atomic mass is 16.6. The van der Waals surface area contributed by atoms with E-state index in [9.17, 15) is 4.79 Å². The van der Waals surface area contributed by atoms with Crippen LogP contribution in [0.1, 0.15) is 5.56 Å². The van der Waals surface area contributed by atoms with Crippen LogP contribution in [0.3, 0.4) is 0 Å². The monoisotopic (exact) mass is 236 g/mol. The van der Waals surface area contributed by atoms with E-state index < -0.39 is 6.10 Å². The lowest BCUT2D eigenvalue weighted by atomic mass is 10.2. The summed E-state index contributed by atoms with van der Waals surface area (Å²) in [5, 5.41) is 2.74. The van der Waals surface area contributed by atoms with E-state index in [1.807, 2.05) is 19.1 Å². The molecule has 1 saturated heterocycles. The van der Waals surface area contributed by atoms with Crippen molar-refractivity contribution in [3.05, 3.63) is 23.8 Å². The summed E-state index contributed by atoms with van der Waals surface area (Å²) < 4.78 is 10.5. The molecule has 5 nitrogen and oxygen atoms in total. The molecule has 2 rings (SSSR count). The molecule has 92 valence electrons. The first kappa shape index (κ1) is 11.9. The van der Waals surface area contributed by atoms with E-state index in [1.165, 1.54) is 0 Å². The van der Waals surface area contributed by atoms with Crippen molar-refractivity contribution >= 4 is 17.3 Å². The summed E-state index contributed by atoms with van der Waals surface area (Å²) in [5.74, 6) is -0.222. The number of carbonyl (C=O) groups excluding carboxylic acids is 1. The first-order valence-electron chi connectivity index (χ1n) is 5.53. The third-order valence-electron chi connectivity index (χ3n) is 2.57. The molecule has 1 atom stereocenters. The minimum Gasteiger partial charge on any atom is -0.397 e. The van der Waals surface area contributed by atoms with Crippen molar-refractivity contribution in [2.24, 2.45) is 0 Å². The highest BCUT2D eigenvalue weighted by Crippen LogP contribution is 2.20. The fraction of sp³-hybridized carbons (Fsp3) is 0.417. The van der Waals surface area contributed by atoms with Crippen molar-refractivity contribution in [1.29, 1.82) is 0 Å². The molecule has 1 fully saturated rings. The molecule has 0 aliphatic carbocycles. The van der Waals surface area contributed by atoms with Crippen LogP contribution < -0.4 is 11.1 Å². The number of ether oxygens (including phenoxy) is 2. The molecule has 1 unspecified atom stereocenters. The van der Waals surface area contributed by atoms with Crippen molar-refractivity contribution < 1.29 is 14.3 Å². The van der Waals surface area contributed by atoms with E-state index in [1.54, 1.807) is 6.07 Å². The van der Waals surface area contributed by atoms with Gasteiger partial charge in [-0.3, -0.25) is 4.79 Å². The normalized spacial score (nSPS) is 19.9. The Kier molecular flexibility index (Phi) is 3.61. The van der Waals surface area contributed by atoms with E-state index in [4.69, 9.17) is 15.2 Å². The van der Waals surface area contributed by atoms with Crippen LogP contribution in [0.15, 0.2) is 18.2 Å². The highest BCUT2D eigenvalue weighted by molar-refractivity contribution is 5.96. The number of nitrogens with one attached hydrogen (secondary N) is 1. The summed E-state index contributed by atoms with van der Waals surface area (Å²) in [7, 11) is 0. The van der Waals surface area contributed by atoms with Gasteiger partial charge >= 0.3 is 0 Å². The zero-order valence-corrected chi connectivity index (χ0v) is 9.73. The van der Waals surface area contributed by atoms with E-state index in [2.05, 4.69) is 5.32 Å². The summed E-state index contributed by atoms with van der Waals surface area (Å²) in [5.41, 5.74) is 8.02. The zero-order chi connectivity index (χ0) is 12.3. The molecular formula is C12H16N2O3. The maximum atomic E-state index is 11.8. The van der Waals surface area contributed by atoms with E-state index in [-0.39, 0.29) is 12.5 Å². The second kappa shape index (κ2) is 5.16. The average Bonchev–Trinajstić information content (AvgIpc) is 2.34. The Hall–Kier alpha value is -1.59. The molecule has 1 heterocycles. The van der Waals surface area contributed by atoms with Gasteiger partial charge < -0.3 is 20.5 Å². The van der Waals surface area contributed by atoms with E-state index in [0.29, 0.717) is 24.6 Å². The van der Waals surface area contributed by atoms with E-state index in [0.717, 1.165) is 5.56 Å². The Bertz CT molecular complexity index is 414. The molecule has 3 N–H and O–H groups in total. The highest BCUT2D eigenvalue weighted by Gasteiger charge is 2.22. The number of nitrogens with two attached hydrogens (primary N) is 1. The minimum atomic E-state index is -0.551. The van der Waals surface area contributed by atoms with Gasteiger partial charge in [-0.15, -0.1) is 0 Å². The second-order valence-corrected chi connectivity index (χ2v) is 4.01. The van der Waals surface area contributed by atoms with Crippen molar-refractivity contribution in [2.75, 3.05) is 30.9 Å². The lowest BCUT2D eigenvalue weighted by Gasteiger charge is -2.22. The molecule has 0 saturated carbocycles. The van der Waals surface area contributed by atoms with Crippen LogP contribution in [-0.2, 0) is 14.3 Å². The van der Waals surface area contributed by atoms with Crippen molar-refractivity contribution in [3.63, 3.8) is 0 Å². The largest absolute Gasteiger partial charge is 0.397 e. The minimum absolute atomic E-state index is 0.222. The predicted octanol–water partition coefficient (Wildman–Crippen LogP) is 0.931. The smallest absolute Gasteiger partial charge is 0.255 e. The predicted molar refractivity (Wildman–Crippen MR) is 64.8 cm³/mol. The molecule has 1 aromatic rings. The number of aryl methyl sites for hydroxylation is 1. The number of rotatable bonds is 2. The summed E-state index contributed by atoms with van der Waals surface area (Å²) in [6.45, 7) is 3.22. The zero-order valence-electron chi connectivity index (χ0n) is 9.73. The summed E-state index contributed by atoms with van der Waals surface area (Å²) in [6, 6.07) is 5.49. The van der Waals surface area contributed by atoms with Gasteiger partial charge in [0, 0.05) is 0 Å². The maximum Gasteiger partial charge on any atom is 0.255 e. The van der Waals surface area contributed by atoms with Gasteiger partial charge in [0.15, 0.2) is 6.10 Å². The summed E-state index contributed by atoms with van der Waals surface area (Å²) in [6.07, 6.45) is -0.551. The van der Waals surface area contributed by atoms with Crippen LogP contribution in [0.5, 0.6) is 0 Å². The fourth-order valence-electron chi connectivity index (χ4n) is 1.65. The van der Waals surface area contributed by atoms with Gasteiger partial charge in [-0.1, -0.05) is 6.07 Å². The summed E-state index contributed by atoms with van der Waals surface area (Å²) >= 11 is 0. The van der Waals surface area contributed by atoms with Gasteiger partial charge in [-0.05, 0) is 24.6 Å². The molecule has 1 aliphatic heterocycles. The van der Waals surface area contributed by atoms with Crippen LogP contribution in [0.2, 0.25) is 0 Å². The molecule has 17 heavy (non-hydrogen) atoms. The number of carbonyl (C=O) groups is 1. The molecule has 1 aliphatic rings. The molecule has 0 bridgehead atoms. The van der Waals surface area contributed by atoms with Gasteiger partial charge in [0.2, 0.25) is 0 Å². The molecular weight excluding hydrogens is 220 g/mol. The molecule has 0 radical (unpaired) electrons. The van der Waals surface area contributed by atoms with Gasteiger partial charge in [-0.25, -0.2) is 0 Å². The Morgan fingerprint density at radius 2 is 2.29 bits per heavy atom. The van der Waals surface area contributed by atoms with Crippen LogP contribution in [0.25, 0.3) is 0 Å². The Labute approximate surface area is 99.9 Å². The average molecular weight is 236 g/mol. The Morgan fingerprint density at radius 3 is 2.94 bits per heavy atom. The first-order chi connectivity index (χ1) is 8.16. The number of anilines is 2. The SMILES string of the molecule is Cc1ccc(NC(=O)C2COCCO2)c(N)c1. The van der Waals surface area contributed by atoms with Crippen molar-refractivity contribution in [1.82, 2.24) is 0 Å². The third kappa shape index (κ3) is 2.95. The summed E-state index contributed by atoms with van der Waals surface area (Å²) in [4.78, 5) is 11.8. The molecule has 1 amide bonds. The molecule has 0 aromatic heterocycles. The number of benzene rings is 1. The van der Waals surface area contributed by atoms with Crippen molar-refractivity contribution in [3.8, 4) is 0 Å². The maximum absolute atomic E-state index is 11.8. The quantitative estimate of drug-likeness (QED) is 0.749. The first-order valence-corrected chi connectivity index (χ1v) is 5.53. The van der Waals surface area contributed by atoms with Crippen LogP contribution in [0.4, 0.5) is 11.4 Å². The van der Waals surface area contributed by atoms with Crippen LogP contribution in [0, 0.1) is 6.92 Å². The number of hydrogen-bond acceptors (Lipinski definition) is 4. The lowest BCUT2D eigenvalue weighted by molar-refractivity contribution is -0.142. The molecule has 5 heteroatoms. The number of nitrogen functional groups attached to an aromatic ring is 1. The number of amides is 1. The Balaban J connectivity index is 2.02. The van der Waals surface area contributed by atoms with Gasteiger partial charge in [0.25, 0.3) is 5.91 Å². The van der Waals surface area contributed by atoms with E-state index >= 15 is 0 Å². The van der Waals surface area contributed by atoms with Gasteiger partial charge in [0.05, 0.1) is 31.2 Å². The molecule has 0 spiro atoms.